The Morgan fingerprint density at radius 3 is 2.48 bits per heavy atom. The van der Waals surface area contributed by atoms with Crippen LogP contribution in [0.5, 0.6) is 0 Å². The van der Waals surface area contributed by atoms with E-state index in [1.807, 2.05) is 37.3 Å². The zero-order valence-corrected chi connectivity index (χ0v) is 11.9. The molecule has 0 saturated heterocycles. The Bertz CT molecular complexity index is 747. The van der Waals surface area contributed by atoms with Gasteiger partial charge in [0.05, 0.1) is 12.5 Å². The third-order valence-corrected chi connectivity index (χ3v) is 3.27. The van der Waals surface area contributed by atoms with Crippen LogP contribution in [0, 0.1) is 6.92 Å². The molecule has 0 radical (unpaired) electrons. The van der Waals surface area contributed by atoms with Crippen LogP contribution in [0.15, 0.2) is 39.9 Å². The molecule has 0 aliphatic rings. The highest BCUT2D eigenvalue weighted by molar-refractivity contribution is 5.79. The van der Waals surface area contributed by atoms with Gasteiger partial charge in [0.25, 0.3) is 5.56 Å². The zero-order chi connectivity index (χ0) is 15.4. The van der Waals surface area contributed by atoms with Crippen LogP contribution in [-0.2, 0) is 11.2 Å². The number of hydrogen-bond donors (Lipinski definition) is 3. The lowest BCUT2D eigenvalue weighted by Gasteiger charge is -2.14. The standard InChI is InChI=1S/C15H17N3O3/c1-9(11-6-4-3-5-7-11)16-13(19)8-12-10(2)17-15(21)18-14(12)20/h3-7,9H,8H2,1-2H3,(H,16,19)(H2,17,18,20,21). The van der Waals surface area contributed by atoms with E-state index >= 15 is 0 Å². The Labute approximate surface area is 121 Å². The molecule has 1 heterocycles. The minimum Gasteiger partial charge on any atom is -0.349 e. The molecule has 1 aromatic heterocycles. The zero-order valence-electron chi connectivity index (χ0n) is 11.9. The fourth-order valence-corrected chi connectivity index (χ4v) is 2.12. The molecular formula is C15H17N3O3. The fraction of sp³-hybridized carbons (Fsp3) is 0.267. The van der Waals surface area contributed by atoms with Crippen LogP contribution in [-0.4, -0.2) is 15.9 Å². The van der Waals surface area contributed by atoms with Crippen LogP contribution in [0.2, 0.25) is 0 Å². The van der Waals surface area contributed by atoms with Gasteiger partial charge in [-0.05, 0) is 19.4 Å². The molecule has 0 aliphatic carbocycles. The monoisotopic (exact) mass is 287 g/mol. The first kappa shape index (κ1) is 14.8. The summed E-state index contributed by atoms with van der Waals surface area (Å²) in [6.07, 6.45) is -0.0743. The van der Waals surface area contributed by atoms with Crippen molar-refractivity contribution in [2.75, 3.05) is 0 Å². The Balaban J connectivity index is 2.09. The molecule has 2 rings (SSSR count). The number of benzene rings is 1. The van der Waals surface area contributed by atoms with E-state index in [0.717, 1.165) is 5.56 Å². The van der Waals surface area contributed by atoms with Crippen molar-refractivity contribution in [1.82, 2.24) is 15.3 Å². The molecule has 0 fully saturated rings. The van der Waals surface area contributed by atoms with Gasteiger partial charge in [-0.15, -0.1) is 0 Å². The lowest BCUT2D eigenvalue weighted by Crippen LogP contribution is -2.33. The second-order valence-electron chi connectivity index (χ2n) is 4.89. The maximum Gasteiger partial charge on any atom is 0.325 e. The summed E-state index contributed by atoms with van der Waals surface area (Å²) in [5.74, 6) is -0.271. The summed E-state index contributed by atoms with van der Waals surface area (Å²) in [6, 6.07) is 9.39. The minimum atomic E-state index is -0.570. The normalized spacial score (nSPS) is 11.9. The van der Waals surface area contributed by atoms with Crippen LogP contribution >= 0.6 is 0 Å². The molecule has 6 nitrogen and oxygen atoms in total. The minimum absolute atomic E-state index is 0.0743. The van der Waals surface area contributed by atoms with Crippen molar-refractivity contribution in [3.63, 3.8) is 0 Å². The van der Waals surface area contributed by atoms with Crippen LogP contribution < -0.4 is 16.6 Å². The Morgan fingerprint density at radius 2 is 1.86 bits per heavy atom. The van der Waals surface area contributed by atoms with Gasteiger partial charge in [0.15, 0.2) is 0 Å². The van der Waals surface area contributed by atoms with E-state index in [1.54, 1.807) is 6.92 Å². The van der Waals surface area contributed by atoms with Crippen LogP contribution in [0.4, 0.5) is 0 Å². The van der Waals surface area contributed by atoms with Gasteiger partial charge in [-0.2, -0.15) is 0 Å². The molecule has 0 spiro atoms. The third kappa shape index (κ3) is 3.68. The lowest BCUT2D eigenvalue weighted by molar-refractivity contribution is -0.121. The number of aromatic nitrogens is 2. The largest absolute Gasteiger partial charge is 0.349 e. The number of aromatic amines is 2. The molecule has 3 N–H and O–H groups in total. The molecule has 0 saturated carbocycles. The van der Waals surface area contributed by atoms with Gasteiger partial charge in [0.1, 0.15) is 0 Å². The number of aryl methyl sites for hydroxylation is 1. The number of H-pyrrole nitrogens is 2. The first-order valence-corrected chi connectivity index (χ1v) is 6.63. The van der Waals surface area contributed by atoms with E-state index < -0.39 is 11.2 Å². The van der Waals surface area contributed by atoms with E-state index in [1.165, 1.54) is 0 Å². The molecule has 1 atom stereocenters. The number of carbonyl (C=O) groups excluding carboxylic acids is 1. The number of rotatable bonds is 4. The molecule has 0 aliphatic heterocycles. The average Bonchev–Trinajstić information content (AvgIpc) is 2.43. The van der Waals surface area contributed by atoms with E-state index in [-0.39, 0.29) is 23.9 Å². The highest BCUT2D eigenvalue weighted by atomic mass is 16.2. The maximum atomic E-state index is 12.0. The summed E-state index contributed by atoms with van der Waals surface area (Å²) in [4.78, 5) is 39.4. The molecular weight excluding hydrogens is 270 g/mol. The molecule has 1 amide bonds. The predicted molar refractivity (Wildman–Crippen MR) is 79.1 cm³/mol. The van der Waals surface area contributed by atoms with Crippen LogP contribution in [0.25, 0.3) is 0 Å². The molecule has 110 valence electrons. The van der Waals surface area contributed by atoms with Crippen LogP contribution in [0.3, 0.4) is 0 Å². The van der Waals surface area contributed by atoms with Gasteiger partial charge < -0.3 is 10.3 Å². The molecule has 2 aromatic rings. The van der Waals surface area contributed by atoms with Crippen molar-refractivity contribution in [2.24, 2.45) is 0 Å². The molecule has 1 unspecified atom stereocenters. The SMILES string of the molecule is Cc1[nH]c(=O)[nH]c(=O)c1CC(=O)NC(C)c1ccccc1. The third-order valence-electron chi connectivity index (χ3n) is 3.27. The summed E-state index contributed by atoms with van der Waals surface area (Å²) in [5.41, 5.74) is 0.564. The van der Waals surface area contributed by atoms with Gasteiger partial charge in [-0.1, -0.05) is 30.3 Å². The Morgan fingerprint density at radius 1 is 1.19 bits per heavy atom. The van der Waals surface area contributed by atoms with E-state index in [2.05, 4.69) is 15.3 Å². The van der Waals surface area contributed by atoms with Crippen molar-refractivity contribution in [1.29, 1.82) is 0 Å². The highest BCUT2D eigenvalue weighted by Gasteiger charge is 2.14. The van der Waals surface area contributed by atoms with Crippen LogP contribution in [0.1, 0.15) is 29.8 Å². The van der Waals surface area contributed by atoms with Gasteiger partial charge in [-0.25, -0.2) is 4.79 Å². The topological polar surface area (TPSA) is 94.8 Å². The van der Waals surface area contributed by atoms with E-state index in [4.69, 9.17) is 0 Å². The van der Waals surface area contributed by atoms with Gasteiger partial charge in [0.2, 0.25) is 5.91 Å². The second-order valence-corrected chi connectivity index (χ2v) is 4.89. The van der Waals surface area contributed by atoms with Crippen molar-refractivity contribution >= 4 is 5.91 Å². The summed E-state index contributed by atoms with van der Waals surface area (Å²) < 4.78 is 0. The smallest absolute Gasteiger partial charge is 0.325 e. The second kappa shape index (κ2) is 6.21. The number of hydrogen-bond acceptors (Lipinski definition) is 3. The molecule has 0 bridgehead atoms. The van der Waals surface area contributed by atoms with Gasteiger partial charge in [0, 0.05) is 11.3 Å². The molecule has 21 heavy (non-hydrogen) atoms. The Kier molecular flexibility index (Phi) is 4.37. The van der Waals surface area contributed by atoms with Gasteiger partial charge in [-0.3, -0.25) is 14.6 Å². The maximum absolute atomic E-state index is 12.0. The summed E-state index contributed by atoms with van der Waals surface area (Å²) in [7, 11) is 0. The average molecular weight is 287 g/mol. The summed E-state index contributed by atoms with van der Waals surface area (Å²) >= 11 is 0. The lowest BCUT2D eigenvalue weighted by atomic mass is 10.1. The molecule has 6 heteroatoms. The van der Waals surface area contributed by atoms with E-state index in [9.17, 15) is 14.4 Å². The predicted octanol–water partition coefficient (Wildman–Crippen LogP) is 0.792. The summed E-state index contributed by atoms with van der Waals surface area (Å²) in [5, 5.41) is 2.83. The van der Waals surface area contributed by atoms with Gasteiger partial charge >= 0.3 is 5.69 Å². The van der Waals surface area contributed by atoms with Crippen molar-refractivity contribution in [3.8, 4) is 0 Å². The van der Waals surface area contributed by atoms with Crippen molar-refractivity contribution in [3.05, 3.63) is 68.0 Å². The highest BCUT2D eigenvalue weighted by Crippen LogP contribution is 2.11. The number of nitrogens with one attached hydrogen (secondary N) is 3. The fourth-order valence-electron chi connectivity index (χ4n) is 2.12. The first-order chi connectivity index (χ1) is 9.97. The quantitative estimate of drug-likeness (QED) is 0.776. The summed E-state index contributed by atoms with van der Waals surface area (Å²) in [6.45, 7) is 3.47. The van der Waals surface area contributed by atoms with Crippen molar-refractivity contribution < 1.29 is 4.79 Å². The van der Waals surface area contributed by atoms with E-state index in [0.29, 0.717) is 5.69 Å². The Hall–Kier alpha value is -2.63. The number of amides is 1. The molecule has 1 aromatic carbocycles. The van der Waals surface area contributed by atoms with Crippen molar-refractivity contribution in [2.45, 2.75) is 26.3 Å². The number of carbonyl (C=O) groups is 1. The first-order valence-electron chi connectivity index (χ1n) is 6.63.